The Kier molecular flexibility index (Phi) is 7.09. The number of hydrogen-bond donors (Lipinski definition) is 1. The van der Waals surface area contributed by atoms with Gasteiger partial charge >= 0.3 is 6.18 Å². The molecule has 2 heterocycles. The van der Waals surface area contributed by atoms with Crippen molar-refractivity contribution in [1.82, 2.24) is 15.3 Å². The smallest absolute Gasteiger partial charge is 0.417 e. The summed E-state index contributed by atoms with van der Waals surface area (Å²) in [6.07, 6.45) is 0.974. The second-order valence-electron chi connectivity index (χ2n) is 8.08. The summed E-state index contributed by atoms with van der Waals surface area (Å²) in [5.74, 6) is -2.28. The van der Waals surface area contributed by atoms with Crippen molar-refractivity contribution in [2.75, 3.05) is 0 Å². The molecule has 0 bridgehead atoms. The largest absolute Gasteiger partial charge is 0.439 e. The molecule has 182 valence electrons. The number of hydrogen-bond acceptors (Lipinski definition) is 4. The third-order valence-corrected chi connectivity index (χ3v) is 5.54. The number of allylic oxidation sites excluding steroid dienone is 1. The summed E-state index contributed by atoms with van der Waals surface area (Å²) in [7, 11) is 0. The topological polar surface area (TPSA) is 64.1 Å². The molecule has 1 aromatic carbocycles. The first-order chi connectivity index (χ1) is 16.7. The first-order valence-corrected chi connectivity index (χ1v) is 10.8. The maximum absolute atomic E-state index is 13.7. The van der Waals surface area contributed by atoms with Crippen molar-refractivity contribution in [2.24, 2.45) is 0 Å². The van der Waals surface area contributed by atoms with Crippen LogP contribution in [0.3, 0.4) is 0 Å². The molecule has 1 saturated carbocycles. The van der Waals surface area contributed by atoms with E-state index in [1.54, 1.807) is 18.2 Å². The van der Waals surface area contributed by atoms with Crippen LogP contribution in [0.4, 0.5) is 22.0 Å². The molecule has 0 atom stereocenters. The van der Waals surface area contributed by atoms with E-state index < -0.39 is 29.5 Å². The van der Waals surface area contributed by atoms with Crippen LogP contribution >= 0.6 is 0 Å². The maximum Gasteiger partial charge on any atom is 0.417 e. The molecule has 1 amide bonds. The summed E-state index contributed by atoms with van der Waals surface area (Å²) in [5.41, 5.74) is 0.850. The molecule has 0 spiro atoms. The lowest BCUT2D eigenvalue weighted by atomic mass is 9.89. The monoisotopic (exact) mass is 489 g/mol. The van der Waals surface area contributed by atoms with Gasteiger partial charge < -0.3 is 10.1 Å². The van der Waals surface area contributed by atoms with Crippen molar-refractivity contribution in [3.05, 3.63) is 88.9 Å². The van der Waals surface area contributed by atoms with Crippen molar-refractivity contribution < 1.29 is 31.5 Å². The highest BCUT2D eigenvalue weighted by Gasteiger charge is 2.30. The van der Waals surface area contributed by atoms with Crippen LogP contribution in [0.2, 0.25) is 0 Å². The van der Waals surface area contributed by atoms with E-state index in [1.807, 2.05) is 12.1 Å². The van der Waals surface area contributed by atoms with E-state index in [-0.39, 0.29) is 17.5 Å². The van der Waals surface area contributed by atoms with Gasteiger partial charge in [0.05, 0.1) is 11.1 Å². The summed E-state index contributed by atoms with van der Waals surface area (Å²) in [6.45, 7) is 0. The molecule has 2 aromatic heterocycles. The fraction of sp³-hybridized carbons (Fsp3) is 0.240. The van der Waals surface area contributed by atoms with Gasteiger partial charge in [-0.1, -0.05) is 23.8 Å². The molecule has 1 aliphatic carbocycles. The third-order valence-electron chi connectivity index (χ3n) is 5.54. The summed E-state index contributed by atoms with van der Waals surface area (Å²) < 4.78 is 70.3. The summed E-state index contributed by atoms with van der Waals surface area (Å²) in [4.78, 5) is 19.0. The van der Waals surface area contributed by atoms with E-state index in [9.17, 15) is 26.7 Å². The van der Waals surface area contributed by atoms with Gasteiger partial charge in [-0.2, -0.15) is 26.9 Å². The van der Waals surface area contributed by atoms with Crippen LogP contribution in [0.5, 0.6) is 11.6 Å². The zero-order chi connectivity index (χ0) is 25.0. The lowest BCUT2D eigenvalue weighted by Gasteiger charge is -2.25. The molecule has 0 unspecified atom stereocenters. The Morgan fingerprint density at radius 2 is 1.83 bits per heavy atom. The zero-order valence-electron chi connectivity index (χ0n) is 18.3. The summed E-state index contributed by atoms with van der Waals surface area (Å²) >= 11 is 0. The van der Waals surface area contributed by atoms with Crippen molar-refractivity contribution in [3.63, 3.8) is 0 Å². The fourth-order valence-corrected chi connectivity index (χ4v) is 3.75. The zero-order valence-corrected chi connectivity index (χ0v) is 18.3. The van der Waals surface area contributed by atoms with Crippen molar-refractivity contribution in [1.29, 1.82) is 0 Å². The predicted molar refractivity (Wildman–Crippen MR) is 118 cm³/mol. The van der Waals surface area contributed by atoms with Gasteiger partial charge in [0.15, 0.2) is 0 Å². The predicted octanol–water partition coefficient (Wildman–Crippen LogP) is 6.32. The SMILES string of the molecule is O=C(NC1CCC(=Cc2cccc(Oc3ccc(C(F)(F)F)cn3)c2)CC1)c1ccc(F)nc1F. The minimum Gasteiger partial charge on any atom is -0.439 e. The van der Waals surface area contributed by atoms with Gasteiger partial charge in [-0.05, 0) is 61.6 Å². The van der Waals surface area contributed by atoms with E-state index in [2.05, 4.69) is 15.3 Å². The average molecular weight is 489 g/mol. The number of amides is 1. The minimum atomic E-state index is -4.46. The highest BCUT2D eigenvalue weighted by molar-refractivity contribution is 5.94. The van der Waals surface area contributed by atoms with Gasteiger partial charge in [0.25, 0.3) is 5.91 Å². The first kappa shape index (κ1) is 24.3. The molecule has 0 radical (unpaired) electrons. The number of rotatable bonds is 5. The van der Waals surface area contributed by atoms with E-state index in [1.165, 1.54) is 0 Å². The molecule has 10 heteroatoms. The van der Waals surface area contributed by atoms with E-state index in [0.717, 1.165) is 41.6 Å². The standard InChI is InChI=1S/C25H20F5N3O2/c26-21-10-9-20(23(27)33-21)24(34)32-18-7-4-15(5-8-18)12-16-2-1-3-19(13-16)35-22-11-6-17(14-31-22)25(28,29)30/h1-3,6,9-14,18H,4-5,7-8H2,(H,32,34). The quantitative estimate of drug-likeness (QED) is 0.337. The number of nitrogens with zero attached hydrogens (tertiary/aromatic N) is 2. The van der Waals surface area contributed by atoms with Gasteiger partial charge in [-0.15, -0.1) is 0 Å². The fourth-order valence-electron chi connectivity index (χ4n) is 3.75. The summed E-state index contributed by atoms with van der Waals surface area (Å²) in [6, 6.07) is 11.0. The molecule has 0 aliphatic heterocycles. The van der Waals surface area contributed by atoms with Crippen molar-refractivity contribution in [2.45, 2.75) is 37.9 Å². The van der Waals surface area contributed by atoms with E-state index >= 15 is 0 Å². The highest BCUT2D eigenvalue weighted by Crippen LogP contribution is 2.31. The van der Waals surface area contributed by atoms with Gasteiger partial charge in [-0.25, -0.2) is 4.98 Å². The average Bonchev–Trinajstić information content (AvgIpc) is 2.80. The first-order valence-electron chi connectivity index (χ1n) is 10.8. The van der Waals surface area contributed by atoms with E-state index in [0.29, 0.717) is 31.4 Å². The second kappa shape index (κ2) is 10.2. The van der Waals surface area contributed by atoms with Gasteiger partial charge in [0.1, 0.15) is 5.75 Å². The van der Waals surface area contributed by atoms with E-state index in [4.69, 9.17) is 4.74 Å². The van der Waals surface area contributed by atoms with Gasteiger partial charge in [0, 0.05) is 18.3 Å². The Labute approximate surface area is 197 Å². The Balaban J connectivity index is 1.34. The molecule has 1 aliphatic rings. The number of carbonyl (C=O) groups is 1. The van der Waals surface area contributed by atoms with Crippen LogP contribution in [-0.2, 0) is 6.18 Å². The number of benzene rings is 1. The minimum absolute atomic E-state index is 0.0480. The summed E-state index contributed by atoms with van der Waals surface area (Å²) in [5, 5.41) is 2.76. The molecule has 3 aromatic rings. The third kappa shape index (κ3) is 6.40. The number of alkyl halides is 3. The number of carbonyl (C=O) groups excluding carboxylic acids is 1. The highest BCUT2D eigenvalue weighted by atomic mass is 19.4. The lowest BCUT2D eigenvalue weighted by Crippen LogP contribution is -2.37. The number of ether oxygens (including phenoxy) is 1. The van der Waals surface area contributed by atoms with Crippen LogP contribution in [0.15, 0.2) is 60.3 Å². The Morgan fingerprint density at radius 1 is 1.06 bits per heavy atom. The number of aromatic nitrogens is 2. The van der Waals surface area contributed by atoms with Crippen molar-refractivity contribution >= 4 is 12.0 Å². The molecular weight excluding hydrogens is 469 g/mol. The molecular formula is C25H20F5N3O2. The van der Waals surface area contributed by atoms with Crippen LogP contribution in [-0.4, -0.2) is 21.9 Å². The molecule has 1 N–H and O–H groups in total. The number of halogens is 5. The van der Waals surface area contributed by atoms with Gasteiger partial charge in [0.2, 0.25) is 17.8 Å². The number of nitrogens with one attached hydrogen (secondary N) is 1. The van der Waals surface area contributed by atoms with Crippen LogP contribution in [0.25, 0.3) is 6.08 Å². The normalized spacial score (nSPS) is 16.0. The Hall–Kier alpha value is -3.82. The Bertz CT molecular complexity index is 1230. The van der Waals surface area contributed by atoms with Crippen LogP contribution < -0.4 is 10.1 Å². The number of pyridine rings is 2. The molecule has 5 nitrogen and oxygen atoms in total. The maximum atomic E-state index is 13.7. The van der Waals surface area contributed by atoms with Crippen molar-refractivity contribution in [3.8, 4) is 11.6 Å². The molecule has 0 saturated heterocycles. The Morgan fingerprint density at radius 3 is 2.49 bits per heavy atom. The van der Waals surface area contributed by atoms with Crippen LogP contribution in [0.1, 0.15) is 47.2 Å². The lowest BCUT2D eigenvalue weighted by molar-refractivity contribution is -0.137. The molecule has 35 heavy (non-hydrogen) atoms. The van der Waals surface area contributed by atoms with Gasteiger partial charge in [-0.3, -0.25) is 4.79 Å². The second-order valence-corrected chi connectivity index (χ2v) is 8.08. The van der Waals surface area contributed by atoms with Crippen LogP contribution in [0, 0.1) is 11.9 Å². The molecule has 4 rings (SSSR count). The molecule has 1 fully saturated rings.